The first-order valence-electron chi connectivity index (χ1n) is 7.92. The van der Waals surface area contributed by atoms with Crippen molar-refractivity contribution in [2.45, 2.75) is 51.7 Å². The summed E-state index contributed by atoms with van der Waals surface area (Å²) in [6.07, 6.45) is 12.5. The molecule has 6 nitrogen and oxygen atoms in total. The lowest BCUT2D eigenvalue weighted by atomic mass is 10.0. The molecular formula is C16H23N5O. The first kappa shape index (κ1) is 14.8. The number of hydrogen-bond donors (Lipinski definition) is 0. The lowest BCUT2D eigenvalue weighted by molar-refractivity contribution is -0.138. The molecule has 0 spiro atoms. The van der Waals surface area contributed by atoms with Crippen molar-refractivity contribution < 1.29 is 4.79 Å². The van der Waals surface area contributed by atoms with E-state index in [1.165, 1.54) is 6.42 Å². The molecule has 3 heterocycles. The fourth-order valence-electron chi connectivity index (χ4n) is 3.13. The Morgan fingerprint density at radius 3 is 3.00 bits per heavy atom. The van der Waals surface area contributed by atoms with E-state index in [0.29, 0.717) is 0 Å². The van der Waals surface area contributed by atoms with Gasteiger partial charge in [-0.2, -0.15) is 5.10 Å². The Morgan fingerprint density at radius 2 is 2.32 bits per heavy atom. The minimum absolute atomic E-state index is 0.173. The molecule has 1 saturated heterocycles. The zero-order chi connectivity index (χ0) is 15.5. The van der Waals surface area contributed by atoms with Gasteiger partial charge in [0.15, 0.2) is 0 Å². The maximum absolute atomic E-state index is 12.8. The van der Waals surface area contributed by atoms with Crippen molar-refractivity contribution in [3.05, 3.63) is 36.7 Å². The zero-order valence-electron chi connectivity index (χ0n) is 13.2. The van der Waals surface area contributed by atoms with Gasteiger partial charge in [0.1, 0.15) is 6.04 Å². The molecule has 3 rings (SSSR count). The van der Waals surface area contributed by atoms with Gasteiger partial charge in [-0.05, 0) is 38.7 Å². The summed E-state index contributed by atoms with van der Waals surface area (Å²) in [6.45, 7) is 5.58. The van der Waals surface area contributed by atoms with Gasteiger partial charge in [-0.25, -0.2) is 4.98 Å². The maximum atomic E-state index is 12.8. The van der Waals surface area contributed by atoms with Crippen LogP contribution in [-0.4, -0.2) is 42.7 Å². The summed E-state index contributed by atoms with van der Waals surface area (Å²) in [4.78, 5) is 18.9. The first-order valence-corrected chi connectivity index (χ1v) is 7.92. The Hall–Kier alpha value is -2.11. The van der Waals surface area contributed by atoms with Crippen LogP contribution in [-0.2, 0) is 11.3 Å². The van der Waals surface area contributed by atoms with Crippen molar-refractivity contribution in [3.63, 3.8) is 0 Å². The molecule has 2 aromatic heterocycles. The largest absolute Gasteiger partial charge is 0.336 e. The Bertz CT molecular complexity index is 618. The Kier molecular flexibility index (Phi) is 4.27. The van der Waals surface area contributed by atoms with E-state index in [2.05, 4.69) is 10.1 Å². The van der Waals surface area contributed by atoms with Crippen LogP contribution in [0.3, 0.4) is 0 Å². The molecule has 1 aliphatic rings. The molecule has 1 fully saturated rings. The third-order valence-electron chi connectivity index (χ3n) is 4.40. The topological polar surface area (TPSA) is 56.0 Å². The lowest BCUT2D eigenvalue weighted by Gasteiger charge is -2.37. The van der Waals surface area contributed by atoms with Crippen molar-refractivity contribution in [1.82, 2.24) is 24.2 Å². The van der Waals surface area contributed by atoms with Crippen LogP contribution in [0.2, 0.25) is 0 Å². The van der Waals surface area contributed by atoms with Gasteiger partial charge >= 0.3 is 0 Å². The molecule has 2 atom stereocenters. The minimum atomic E-state index is -0.206. The van der Waals surface area contributed by atoms with E-state index < -0.39 is 0 Å². The lowest BCUT2D eigenvalue weighted by Crippen LogP contribution is -2.48. The predicted octanol–water partition coefficient (Wildman–Crippen LogP) is 2.03. The number of likely N-dealkylation sites (tertiary alicyclic amines) is 1. The average Bonchev–Trinajstić information content (AvgIpc) is 3.18. The molecule has 0 radical (unpaired) electrons. The first-order chi connectivity index (χ1) is 10.6. The van der Waals surface area contributed by atoms with Crippen molar-refractivity contribution in [1.29, 1.82) is 0 Å². The van der Waals surface area contributed by atoms with Crippen molar-refractivity contribution in [3.8, 4) is 0 Å². The molecule has 0 N–H and O–H groups in total. The normalized spacial score (nSPS) is 20.1. The summed E-state index contributed by atoms with van der Waals surface area (Å²) in [5, 5.41) is 4.36. The molecule has 1 amide bonds. The second kappa shape index (κ2) is 6.34. The van der Waals surface area contributed by atoms with Crippen LogP contribution in [0, 0.1) is 6.92 Å². The van der Waals surface area contributed by atoms with Gasteiger partial charge in [-0.3, -0.25) is 9.48 Å². The standard InChI is InChI=1S/C16H23N5O/c1-13-9-18-20(10-13)11-15-5-3-4-7-21(15)16(22)14(2)19-8-6-17-12-19/h6,8-10,12,14-15H,3-5,7,11H2,1-2H3/t14-,15+/m1/s1. The maximum Gasteiger partial charge on any atom is 0.245 e. The number of aryl methyl sites for hydroxylation is 1. The fraction of sp³-hybridized carbons (Fsp3) is 0.562. The molecule has 1 aliphatic heterocycles. The molecule has 0 bridgehead atoms. The van der Waals surface area contributed by atoms with E-state index in [0.717, 1.165) is 31.5 Å². The molecular weight excluding hydrogens is 278 g/mol. The number of carbonyl (C=O) groups is 1. The van der Waals surface area contributed by atoms with Crippen LogP contribution in [0.15, 0.2) is 31.1 Å². The van der Waals surface area contributed by atoms with Gasteiger partial charge in [0, 0.05) is 25.1 Å². The van der Waals surface area contributed by atoms with Gasteiger partial charge in [0.2, 0.25) is 5.91 Å². The van der Waals surface area contributed by atoms with E-state index in [1.807, 2.05) is 46.6 Å². The van der Waals surface area contributed by atoms with E-state index in [9.17, 15) is 4.79 Å². The molecule has 0 unspecified atom stereocenters. The van der Waals surface area contributed by atoms with Crippen molar-refractivity contribution in [2.75, 3.05) is 6.54 Å². The summed E-state index contributed by atoms with van der Waals surface area (Å²) in [5.41, 5.74) is 1.15. The predicted molar refractivity (Wildman–Crippen MR) is 83.3 cm³/mol. The number of amides is 1. The van der Waals surface area contributed by atoms with E-state index in [1.54, 1.807) is 12.5 Å². The van der Waals surface area contributed by atoms with Gasteiger partial charge < -0.3 is 9.47 Å². The van der Waals surface area contributed by atoms with Gasteiger partial charge in [-0.1, -0.05) is 0 Å². The van der Waals surface area contributed by atoms with Gasteiger partial charge in [0.05, 0.1) is 25.1 Å². The summed E-state index contributed by atoms with van der Waals surface area (Å²) in [7, 11) is 0. The highest BCUT2D eigenvalue weighted by atomic mass is 16.2. The Morgan fingerprint density at radius 1 is 1.45 bits per heavy atom. The van der Waals surface area contributed by atoms with Crippen LogP contribution < -0.4 is 0 Å². The van der Waals surface area contributed by atoms with Crippen LogP contribution in [0.5, 0.6) is 0 Å². The van der Waals surface area contributed by atoms with Crippen molar-refractivity contribution >= 4 is 5.91 Å². The third kappa shape index (κ3) is 3.05. The number of carbonyl (C=O) groups excluding carboxylic acids is 1. The molecule has 0 aromatic carbocycles. The monoisotopic (exact) mass is 301 g/mol. The minimum Gasteiger partial charge on any atom is -0.336 e. The van der Waals surface area contributed by atoms with E-state index in [4.69, 9.17) is 0 Å². The Balaban J connectivity index is 1.73. The second-order valence-corrected chi connectivity index (χ2v) is 6.11. The second-order valence-electron chi connectivity index (χ2n) is 6.11. The van der Waals surface area contributed by atoms with E-state index in [-0.39, 0.29) is 18.0 Å². The van der Waals surface area contributed by atoms with E-state index >= 15 is 0 Å². The Labute approximate surface area is 130 Å². The summed E-state index contributed by atoms with van der Waals surface area (Å²) in [5.74, 6) is 0.173. The molecule has 0 aliphatic carbocycles. The number of aromatic nitrogens is 4. The molecule has 22 heavy (non-hydrogen) atoms. The number of nitrogens with zero attached hydrogens (tertiary/aromatic N) is 5. The highest BCUT2D eigenvalue weighted by Gasteiger charge is 2.30. The fourth-order valence-corrected chi connectivity index (χ4v) is 3.13. The SMILES string of the molecule is Cc1cnn(C[C@@H]2CCCCN2C(=O)[C@@H](C)n2ccnc2)c1. The summed E-state index contributed by atoms with van der Waals surface area (Å²) >= 11 is 0. The zero-order valence-corrected chi connectivity index (χ0v) is 13.2. The van der Waals surface area contributed by atoms with Gasteiger partial charge in [-0.15, -0.1) is 0 Å². The average molecular weight is 301 g/mol. The van der Waals surface area contributed by atoms with Gasteiger partial charge in [0.25, 0.3) is 0 Å². The smallest absolute Gasteiger partial charge is 0.245 e. The highest BCUT2D eigenvalue weighted by Crippen LogP contribution is 2.22. The summed E-state index contributed by atoms with van der Waals surface area (Å²) in [6, 6.07) is 0.0222. The van der Waals surface area contributed by atoms with Crippen LogP contribution >= 0.6 is 0 Å². The highest BCUT2D eigenvalue weighted by molar-refractivity contribution is 5.80. The number of imidazole rings is 1. The number of piperidine rings is 1. The molecule has 118 valence electrons. The third-order valence-corrected chi connectivity index (χ3v) is 4.40. The molecule has 6 heteroatoms. The summed E-state index contributed by atoms with van der Waals surface area (Å²) < 4.78 is 3.82. The van der Waals surface area contributed by atoms with Crippen LogP contribution in [0.4, 0.5) is 0 Å². The molecule has 2 aromatic rings. The quantitative estimate of drug-likeness (QED) is 0.868. The van der Waals surface area contributed by atoms with Crippen LogP contribution in [0.1, 0.15) is 37.8 Å². The number of rotatable bonds is 4. The van der Waals surface area contributed by atoms with Crippen molar-refractivity contribution in [2.24, 2.45) is 0 Å². The van der Waals surface area contributed by atoms with Crippen LogP contribution in [0.25, 0.3) is 0 Å². The molecule has 0 saturated carbocycles. The number of hydrogen-bond acceptors (Lipinski definition) is 3.